The molecule has 26 heteroatoms. The van der Waals surface area contributed by atoms with Gasteiger partial charge in [-0.3, -0.25) is 4.79 Å². The molecule has 23 nitrogen and oxygen atoms in total. The number of anilines is 2. The summed E-state index contributed by atoms with van der Waals surface area (Å²) < 4.78 is 85.0. The van der Waals surface area contributed by atoms with Crippen LogP contribution < -0.4 is 15.4 Å². The topological polar surface area (TPSA) is 297 Å². The summed E-state index contributed by atoms with van der Waals surface area (Å²) in [6, 6.07) is 8.54. The van der Waals surface area contributed by atoms with E-state index in [-0.39, 0.29) is 71.2 Å². The van der Waals surface area contributed by atoms with Gasteiger partial charge in [-0.2, -0.15) is 4.98 Å². The maximum atomic E-state index is 11.8. The van der Waals surface area contributed by atoms with Gasteiger partial charge in [-0.05, 0) is 53.2 Å². The molecule has 6 aliphatic rings. The van der Waals surface area contributed by atoms with Gasteiger partial charge in [0.25, 0.3) is 0 Å². The molecule has 0 saturated carbocycles. The number of carbonyl (C=O) groups excluding carboxylic acids is 1. The Hall–Kier alpha value is -4.67. The number of benzene rings is 1. The zero-order chi connectivity index (χ0) is 48.5. The van der Waals surface area contributed by atoms with Crippen LogP contribution in [0.1, 0.15) is 76.5 Å². The molecular weight excluding hydrogens is 1000 g/mol. The fourth-order valence-corrected chi connectivity index (χ4v) is 11.8. The van der Waals surface area contributed by atoms with Gasteiger partial charge in [-0.1, -0.05) is 18.2 Å². The van der Waals surface area contributed by atoms with Crippen molar-refractivity contribution >= 4 is 65.8 Å². The van der Waals surface area contributed by atoms with E-state index in [1.807, 2.05) is 6.07 Å². The van der Waals surface area contributed by atoms with E-state index >= 15 is 0 Å². The molecule has 3 aromatic rings. The van der Waals surface area contributed by atoms with Crippen molar-refractivity contribution in [3.63, 3.8) is 0 Å². The first-order valence-electron chi connectivity index (χ1n) is 22.0. The molecule has 2 aromatic heterocycles. The van der Waals surface area contributed by atoms with Crippen LogP contribution in [0.5, 0.6) is 5.88 Å². The second kappa shape index (κ2) is 20.7. The molecule has 9 rings (SSSR count). The molecular formula is C42H53BrN8O15S2. The van der Waals surface area contributed by atoms with E-state index in [4.69, 9.17) is 28.4 Å². The highest BCUT2D eigenvalue weighted by atomic mass is 79.9. The number of rotatable bonds is 13. The van der Waals surface area contributed by atoms with E-state index in [2.05, 4.69) is 46.5 Å². The highest BCUT2D eigenvalue weighted by Gasteiger charge is 2.52. The molecule has 6 saturated heterocycles. The molecule has 8 heterocycles. The van der Waals surface area contributed by atoms with Gasteiger partial charge in [0.05, 0.1) is 72.8 Å². The molecule has 0 bridgehead atoms. The van der Waals surface area contributed by atoms with Crippen molar-refractivity contribution < 1.29 is 69.9 Å². The molecule has 0 spiro atoms. The molecule has 6 fully saturated rings. The average molecular weight is 1050 g/mol. The maximum Gasteiger partial charge on any atom is 0.355 e. The van der Waals surface area contributed by atoms with Crippen molar-refractivity contribution in [1.82, 2.24) is 28.5 Å². The fraction of sp³-hybridized carbons (Fsp3) is 0.595. The van der Waals surface area contributed by atoms with Crippen LogP contribution in [0.25, 0.3) is 0 Å². The van der Waals surface area contributed by atoms with Gasteiger partial charge in [0, 0.05) is 63.4 Å². The smallest absolute Gasteiger partial charge is 0.355 e. The standard InChI is InChI=1S/C23H28N4O7S.C19H25BrN4O8S/c1-35(30,31)27-10-7-14(8-11-27)25-23-24-9-6-19(26-23)34-18-13-33-20-17(12-32-21(18)20)15-4-2-3-5-16(15)22(28)29;1-9(25)32-12-8-31-16-11(7-30-17(12)16)14-13(20)15(18(26)27)23-19(22-14)21-10-3-5-24(6-4-10)33(2,28)29/h2-6,9,14,17-18,20-21H,7-8,10-13H2,1H3,(H,28,29)(H,24,25,26);10-12,16-17H,3-8H2,1-2H3,(H,26,27)(H,21,22,23)/t17-,18+,20-,21+;11-,12+,16-,17+/m11/s1. The van der Waals surface area contributed by atoms with Gasteiger partial charge in [0.2, 0.25) is 37.8 Å². The molecule has 68 heavy (non-hydrogen) atoms. The Kier molecular flexibility index (Phi) is 15.2. The zero-order valence-electron chi connectivity index (χ0n) is 37.3. The summed E-state index contributed by atoms with van der Waals surface area (Å²) in [7, 11) is -6.43. The van der Waals surface area contributed by atoms with Gasteiger partial charge in [-0.25, -0.2) is 50.0 Å². The number of ether oxygens (including phenoxy) is 6. The maximum absolute atomic E-state index is 11.8. The fourth-order valence-electron chi connectivity index (χ4n) is 9.44. The Morgan fingerprint density at radius 2 is 1.25 bits per heavy atom. The minimum absolute atomic E-state index is 0.0654. The van der Waals surface area contributed by atoms with Crippen molar-refractivity contribution in [2.45, 2.75) is 93.2 Å². The zero-order valence-corrected chi connectivity index (χ0v) is 40.5. The molecule has 1 aromatic carbocycles. The number of fused-ring (bicyclic) bond motifs is 2. The molecule has 0 aliphatic carbocycles. The Morgan fingerprint density at radius 3 is 1.84 bits per heavy atom. The van der Waals surface area contributed by atoms with Crippen LogP contribution >= 0.6 is 15.9 Å². The molecule has 4 N–H and O–H groups in total. The first kappa shape index (κ1) is 49.7. The van der Waals surface area contributed by atoms with Crippen LogP contribution in [0, 0.1) is 0 Å². The molecule has 8 atom stereocenters. The third kappa shape index (κ3) is 11.3. The van der Waals surface area contributed by atoms with Gasteiger partial charge in [0.15, 0.2) is 17.9 Å². The number of aromatic carboxylic acids is 2. The highest BCUT2D eigenvalue weighted by molar-refractivity contribution is 9.10. The minimum atomic E-state index is -3.25. The number of sulfonamides is 2. The number of nitrogens with zero attached hydrogens (tertiary/aromatic N) is 6. The summed E-state index contributed by atoms with van der Waals surface area (Å²) in [5.41, 5.74) is 1.18. The van der Waals surface area contributed by atoms with Crippen molar-refractivity contribution in [3.05, 3.63) is 63.5 Å². The summed E-state index contributed by atoms with van der Waals surface area (Å²) in [6.45, 7) is 4.00. The lowest BCUT2D eigenvalue weighted by molar-refractivity contribution is -0.150. The van der Waals surface area contributed by atoms with E-state index in [0.717, 1.165) is 0 Å². The van der Waals surface area contributed by atoms with E-state index in [0.29, 0.717) is 88.2 Å². The molecule has 0 radical (unpaired) electrons. The number of halogens is 1. The Morgan fingerprint density at radius 1 is 0.706 bits per heavy atom. The summed E-state index contributed by atoms with van der Waals surface area (Å²) in [5, 5.41) is 25.6. The number of carboxylic acids is 2. The summed E-state index contributed by atoms with van der Waals surface area (Å²) in [6.07, 6.45) is 3.92. The molecule has 0 amide bonds. The first-order chi connectivity index (χ1) is 32.3. The van der Waals surface area contributed by atoms with Crippen LogP contribution in [-0.2, 0) is 48.5 Å². The second-order valence-corrected chi connectivity index (χ2v) is 22.1. The summed E-state index contributed by atoms with van der Waals surface area (Å²) in [5.74, 6) is -2.28. The van der Waals surface area contributed by atoms with Gasteiger partial charge in [0.1, 0.15) is 12.2 Å². The van der Waals surface area contributed by atoms with Crippen molar-refractivity contribution in [3.8, 4) is 5.88 Å². The number of hydrogen-bond acceptors (Lipinski definition) is 19. The summed E-state index contributed by atoms with van der Waals surface area (Å²) >= 11 is 3.33. The average Bonchev–Trinajstić information content (AvgIpc) is 4.09. The number of carboxylic acid groups (broad SMARTS) is 2. The number of esters is 1. The highest BCUT2D eigenvalue weighted by Crippen LogP contribution is 2.42. The number of nitrogens with one attached hydrogen (secondary N) is 2. The Bertz CT molecular complexity index is 2580. The number of carbonyl (C=O) groups is 3. The van der Waals surface area contributed by atoms with E-state index in [1.54, 1.807) is 30.5 Å². The van der Waals surface area contributed by atoms with Crippen LogP contribution in [0.4, 0.5) is 11.9 Å². The lowest BCUT2D eigenvalue weighted by Gasteiger charge is -2.30. The quantitative estimate of drug-likeness (QED) is 0.178. The van der Waals surface area contributed by atoms with Crippen LogP contribution in [0.3, 0.4) is 0 Å². The molecule has 6 aliphatic heterocycles. The summed E-state index contributed by atoms with van der Waals surface area (Å²) in [4.78, 5) is 52.3. The minimum Gasteiger partial charge on any atom is -0.478 e. The van der Waals surface area contributed by atoms with Crippen LogP contribution in [-0.4, -0.2) is 187 Å². The van der Waals surface area contributed by atoms with E-state index in [9.17, 15) is 41.4 Å². The third-order valence-electron chi connectivity index (χ3n) is 12.8. The first-order valence-corrected chi connectivity index (χ1v) is 26.5. The van der Waals surface area contributed by atoms with Gasteiger partial charge in [-0.15, -0.1) is 0 Å². The largest absolute Gasteiger partial charge is 0.478 e. The van der Waals surface area contributed by atoms with Crippen molar-refractivity contribution in [2.75, 3.05) is 75.8 Å². The number of piperidine rings is 2. The lowest BCUT2D eigenvalue weighted by Crippen LogP contribution is -2.42. The number of aromatic nitrogens is 4. The van der Waals surface area contributed by atoms with E-state index < -0.39 is 62.2 Å². The lowest BCUT2D eigenvalue weighted by atomic mass is 9.89. The SMILES string of the molecule is CC(=O)O[C@H]1CO[C@H]2[C@H]1OC[C@@H]2c1nc(NC2CCN(S(C)(=O)=O)CC2)nc(C(=O)O)c1Br.CS(=O)(=O)N1CCC(Nc2nccc(O[C@H]3CO[C@H]4[C@H]3OC[C@@H]4c3ccccc3C(=O)O)n2)CC1. The van der Waals surface area contributed by atoms with Gasteiger partial charge >= 0.3 is 17.9 Å². The predicted octanol–water partition coefficient (Wildman–Crippen LogP) is 1.93. The molecule has 0 unspecified atom stereocenters. The third-order valence-corrected chi connectivity index (χ3v) is 16.2. The van der Waals surface area contributed by atoms with Crippen LogP contribution in [0.15, 0.2) is 41.0 Å². The number of hydrogen-bond donors (Lipinski definition) is 4. The predicted molar refractivity (Wildman–Crippen MR) is 243 cm³/mol. The normalized spacial score (nSPS) is 27.9. The van der Waals surface area contributed by atoms with Gasteiger partial charge < -0.3 is 49.3 Å². The monoisotopic (exact) mass is 1050 g/mol. The van der Waals surface area contributed by atoms with Crippen molar-refractivity contribution in [1.29, 1.82) is 0 Å². The Balaban J connectivity index is 0.000000184. The molecule has 370 valence electrons. The van der Waals surface area contributed by atoms with E-state index in [1.165, 1.54) is 28.0 Å². The van der Waals surface area contributed by atoms with Crippen molar-refractivity contribution in [2.24, 2.45) is 0 Å². The second-order valence-electron chi connectivity index (χ2n) is 17.4. The Labute approximate surface area is 400 Å². The van der Waals surface area contributed by atoms with Crippen LogP contribution in [0.2, 0.25) is 0 Å².